The molecule has 150 valence electrons. The predicted octanol–water partition coefficient (Wildman–Crippen LogP) is 5.23. The number of thiazole rings is 1. The van der Waals surface area contributed by atoms with Gasteiger partial charge in [-0.2, -0.15) is 0 Å². The molecule has 1 saturated heterocycles. The fourth-order valence-electron chi connectivity index (χ4n) is 3.25. The molecule has 0 radical (unpaired) electrons. The van der Waals surface area contributed by atoms with E-state index in [9.17, 15) is 9.59 Å². The van der Waals surface area contributed by atoms with Gasteiger partial charge in [-0.1, -0.05) is 0 Å². The van der Waals surface area contributed by atoms with Gasteiger partial charge in [0.15, 0.2) is 0 Å². The van der Waals surface area contributed by atoms with Crippen molar-refractivity contribution >= 4 is 29.0 Å². The molecule has 0 bridgehead atoms. The number of ether oxygens (including phenoxy) is 1. The number of likely N-dealkylation sites (tertiary alicyclic amines) is 1. The SMILES string of the molecule is CC(=O)Nc1ccc(-c2nc(C3CCCCN3C(=O)OC(C)(C)C)cs2)cc1. The highest BCUT2D eigenvalue weighted by molar-refractivity contribution is 7.13. The van der Waals surface area contributed by atoms with Gasteiger partial charge in [-0.25, -0.2) is 9.78 Å². The number of anilines is 1. The summed E-state index contributed by atoms with van der Waals surface area (Å²) in [5, 5.41) is 5.70. The lowest BCUT2D eigenvalue weighted by Crippen LogP contribution is -2.42. The van der Waals surface area contributed by atoms with Crippen LogP contribution in [0.4, 0.5) is 10.5 Å². The van der Waals surface area contributed by atoms with E-state index in [0.29, 0.717) is 6.54 Å². The number of piperidine rings is 1. The molecule has 1 aromatic heterocycles. The Morgan fingerprint density at radius 3 is 2.57 bits per heavy atom. The van der Waals surface area contributed by atoms with Gasteiger partial charge in [-0.3, -0.25) is 9.69 Å². The number of carbonyl (C=O) groups excluding carboxylic acids is 2. The first kappa shape index (κ1) is 20.3. The molecule has 2 amide bonds. The zero-order valence-electron chi connectivity index (χ0n) is 16.8. The Kier molecular flexibility index (Phi) is 6.03. The molecule has 28 heavy (non-hydrogen) atoms. The molecule has 1 atom stereocenters. The van der Waals surface area contributed by atoms with Gasteiger partial charge in [-0.15, -0.1) is 11.3 Å². The van der Waals surface area contributed by atoms with E-state index in [0.717, 1.165) is 41.2 Å². The first-order valence-electron chi connectivity index (χ1n) is 9.56. The summed E-state index contributed by atoms with van der Waals surface area (Å²) in [5.74, 6) is -0.0937. The van der Waals surface area contributed by atoms with Crippen LogP contribution in [0.5, 0.6) is 0 Å². The van der Waals surface area contributed by atoms with Crippen LogP contribution in [0.1, 0.15) is 58.7 Å². The fourth-order valence-corrected chi connectivity index (χ4v) is 4.12. The number of aromatic nitrogens is 1. The molecule has 0 saturated carbocycles. The van der Waals surface area contributed by atoms with Crippen LogP contribution in [0.2, 0.25) is 0 Å². The molecule has 1 unspecified atom stereocenters. The molecule has 1 aliphatic rings. The number of carbonyl (C=O) groups is 2. The first-order chi connectivity index (χ1) is 13.2. The van der Waals surface area contributed by atoms with Crippen molar-refractivity contribution in [2.45, 2.75) is 58.6 Å². The second kappa shape index (κ2) is 8.31. The smallest absolute Gasteiger partial charge is 0.410 e. The average molecular weight is 402 g/mol. The molecule has 6 nitrogen and oxygen atoms in total. The maximum atomic E-state index is 12.6. The summed E-state index contributed by atoms with van der Waals surface area (Å²) in [4.78, 5) is 30.4. The number of amides is 2. The van der Waals surface area contributed by atoms with Crippen molar-refractivity contribution < 1.29 is 14.3 Å². The molecule has 2 aromatic rings. The van der Waals surface area contributed by atoms with Crippen LogP contribution in [0, 0.1) is 0 Å². The van der Waals surface area contributed by atoms with Crippen LogP contribution in [0.15, 0.2) is 29.6 Å². The van der Waals surface area contributed by atoms with Crippen LogP contribution in [-0.4, -0.2) is 34.0 Å². The maximum absolute atomic E-state index is 12.6. The number of benzene rings is 1. The van der Waals surface area contributed by atoms with Crippen molar-refractivity contribution in [1.29, 1.82) is 0 Å². The van der Waals surface area contributed by atoms with Gasteiger partial charge in [-0.05, 0) is 64.3 Å². The zero-order chi connectivity index (χ0) is 20.3. The molecule has 0 aliphatic carbocycles. The number of nitrogens with zero attached hydrogens (tertiary/aromatic N) is 2. The van der Waals surface area contributed by atoms with Crippen LogP contribution < -0.4 is 5.32 Å². The van der Waals surface area contributed by atoms with Gasteiger partial charge in [0.25, 0.3) is 0 Å². The van der Waals surface area contributed by atoms with E-state index in [-0.39, 0.29) is 18.0 Å². The maximum Gasteiger partial charge on any atom is 0.410 e. The predicted molar refractivity (Wildman–Crippen MR) is 111 cm³/mol. The van der Waals surface area contributed by atoms with Crippen molar-refractivity contribution in [3.63, 3.8) is 0 Å². The Morgan fingerprint density at radius 2 is 1.93 bits per heavy atom. The highest BCUT2D eigenvalue weighted by atomic mass is 32.1. The Morgan fingerprint density at radius 1 is 1.21 bits per heavy atom. The van der Waals surface area contributed by atoms with Crippen molar-refractivity contribution in [3.8, 4) is 10.6 Å². The highest BCUT2D eigenvalue weighted by Crippen LogP contribution is 2.35. The van der Waals surface area contributed by atoms with Crippen LogP contribution in [0.3, 0.4) is 0 Å². The summed E-state index contributed by atoms with van der Waals surface area (Å²) >= 11 is 1.57. The third kappa shape index (κ3) is 5.10. The van der Waals surface area contributed by atoms with Crippen LogP contribution in [0.25, 0.3) is 10.6 Å². The number of nitrogens with one attached hydrogen (secondary N) is 1. The van der Waals surface area contributed by atoms with Crippen LogP contribution in [-0.2, 0) is 9.53 Å². The number of rotatable bonds is 3. The summed E-state index contributed by atoms with van der Waals surface area (Å²) in [5.41, 5.74) is 2.15. The second-order valence-corrected chi connectivity index (χ2v) is 8.88. The van der Waals surface area contributed by atoms with E-state index in [1.165, 1.54) is 6.92 Å². The van der Waals surface area contributed by atoms with E-state index < -0.39 is 5.60 Å². The average Bonchev–Trinajstić information content (AvgIpc) is 3.10. The molecule has 2 heterocycles. The Balaban J connectivity index is 1.77. The minimum atomic E-state index is -0.512. The van der Waals surface area contributed by atoms with Gasteiger partial charge in [0.2, 0.25) is 5.91 Å². The molecule has 1 aromatic carbocycles. The third-order valence-electron chi connectivity index (χ3n) is 4.45. The summed E-state index contributed by atoms with van der Waals surface area (Å²) in [6, 6.07) is 7.57. The van der Waals surface area contributed by atoms with Gasteiger partial charge in [0.1, 0.15) is 10.6 Å². The monoisotopic (exact) mass is 401 g/mol. The van der Waals surface area contributed by atoms with Gasteiger partial charge in [0, 0.05) is 30.1 Å². The Bertz CT molecular complexity index is 839. The van der Waals surface area contributed by atoms with Gasteiger partial charge >= 0.3 is 6.09 Å². The molecular weight excluding hydrogens is 374 g/mol. The fraction of sp³-hybridized carbons (Fsp3) is 0.476. The lowest BCUT2D eigenvalue weighted by atomic mass is 10.0. The Hall–Kier alpha value is -2.41. The number of hydrogen-bond acceptors (Lipinski definition) is 5. The summed E-state index contributed by atoms with van der Waals surface area (Å²) in [6.07, 6.45) is 2.68. The normalized spacial score (nSPS) is 17.3. The molecule has 1 fully saturated rings. The van der Waals surface area contributed by atoms with E-state index in [1.54, 1.807) is 11.3 Å². The molecule has 1 aliphatic heterocycles. The first-order valence-corrected chi connectivity index (χ1v) is 10.4. The molecule has 1 N–H and O–H groups in total. The standard InChI is InChI=1S/C21H27N3O3S/c1-14(25)22-16-10-8-15(9-11-16)19-23-17(13-28-19)18-7-5-6-12-24(18)20(26)27-21(2,3)4/h8-11,13,18H,5-7,12H2,1-4H3,(H,22,25). The van der Waals surface area contributed by atoms with E-state index in [2.05, 4.69) is 5.32 Å². The molecular formula is C21H27N3O3S. The van der Waals surface area contributed by atoms with Gasteiger partial charge in [0.05, 0.1) is 11.7 Å². The largest absolute Gasteiger partial charge is 0.444 e. The van der Waals surface area contributed by atoms with E-state index in [1.807, 2.05) is 55.3 Å². The summed E-state index contributed by atoms with van der Waals surface area (Å²) in [6.45, 7) is 7.83. The lowest BCUT2D eigenvalue weighted by molar-refractivity contribution is -0.114. The minimum absolute atomic E-state index is 0.0488. The topological polar surface area (TPSA) is 71.5 Å². The van der Waals surface area contributed by atoms with Crippen molar-refractivity contribution in [3.05, 3.63) is 35.3 Å². The highest BCUT2D eigenvalue weighted by Gasteiger charge is 2.32. The Labute approximate surface area is 169 Å². The van der Waals surface area contributed by atoms with Crippen LogP contribution >= 0.6 is 11.3 Å². The zero-order valence-corrected chi connectivity index (χ0v) is 17.6. The van der Waals surface area contributed by atoms with Crippen molar-refractivity contribution in [2.75, 3.05) is 11.9 Å². The summed E-state index contributed by atoms with van der Waals surface area (Å²) in [7, 11) is 0. The third-order valence-corrected chi connectivity index (χ3v) is 5.36. The quantitative estimate of drug-likeness (QED) is 0.764. The van der Waals surface area contributed by atoms with Crippen molar-refractivity contribution in [1.82, 2.24) is 9.88 Å². The lowest BCUT2D eigenvalue weighted by Gasteiger charge is -2.36. The molecule has 7 heteroatoms. The summed E-state index contributed by atoms with van der Waals surface area (Å²) < 4.78 is 5.59. The van der Waals surface area contributed by atoms with Crippen molar-refractivity contribution in [2.24, 2.45) is 0 Å². The van der Waals surface area contributed by atoms with Gasteiger partial charge < -0.3 is 10.1 Å². The second-order valence-electron chi connectivity index (χ2n) is 8.02. The molecule has 0 spiro atoms. The van der Waals surface area contributed by atoms with E-state index >= 15 is 0 Å². The minimum Gasteiger partial charge on any atom is -0.444 e. The van der Waals surface area contributed by atoms with E-state index in [4.69, 9.17) is 9.72 Å². The number of hydrogen-bond donors (Lipinski definition) is 1. The molecule has 3 rings (SSSR count).